The van der Waals surface area contributed by atoms with Gasteiger partial charge in [0.2, 0.25) is 0 Å². The Morgan fingerprint density at radius 3 is 2.84 bits per heavy atom. The number of aromatic nitrogens is 2. The van der Waals surface area contributed by atoms with Crippen LogP contribution in [0.2, 0.25) is 0 Å². The molecule has 1 aromatic heterocycles. The van der Waals surface area contributed by atoms with E-state index in [1.807, 2.05) is 24.3 Å². The van der Waals surface area contributed by atoms with Crippen molar-refractivity contribution in [3.05, 3.63) is 59.4 Å². The smallest absolute Gasteiger partial charge is 0.251 e. The molecule has 3 rings (SSSR count). The van der Waals surface area contributed by atoms with Crippen molar-refractivity contribution < 1.29 is 9.53 Å². The highest BCUT2D eigenvalue weighted by Gasteiger charge is 2.10. The molecule has 1 amide bonds. The van der Waals surface area contributed by atoms with Crippen LogP contribution in [0.1, 0.15) is 41.3 Å². The van der Waals surface area contributed by atoms with Crippen LogP contribution < -0.4 is 10.1 Å². The third kappa shape index (κ3) is 3.82. The molecular formula is C20H23N3O2. The molecule has 130 valence electrons. The molecule has 0 atom stereocenters. The lowest BCUT2D eigenvalue weighted by Gasteiger charge is -2.14. The van der Waals surface area contributed by atoms with Crippen LogP contribution in [0.3, 0.4) is 0 Å². The summed E-state index contributed by atoms with van der Waals surface area (Å²) in [7, 11) is 1.69. The second-order valence-electron chi connectivity index (χ2n) is 6.37. The van der Waals surface area contributed by atoms with E-state index in [9.17, 15) is 4.79 Å². The maximum atomic E-state index is 12.3. The first-order chi connectivity index (χ1) is 12.1. The Bertz CT molecular complexity index is 884. The van der Waals surface area contributed by atoms with Crippen LogP contribution in [-0.4, -0.2) is 29.5 Å². The van der Waals surface area contributed by atoms with Crippen LogP contribution in [0.15, 0.2) is 42.7 Å². The number of nitrogens with one attached hydrogen (secondary N) is 2. The highest BCUT2D eigenvalue weighted by molar-refractivity contribution is 5.97. The van der Waals surface area contributed by atoms with E-state index >= 15 is 0 Å². The van der Waals surface area contributed by atoms with Crippen molar-refractivity contribution in [3.8, 4) is 5.75 Å². The van der Waals surface area contributed by atoms with E-state index in [1.165, 1.54) is 11.1 Å². The number of aromatic amines is 1. The van der Waals surface area contributed by atoms with Crippen LogP contribution in [0.5, 0.6) is 5.75 Å². The van der Waals surface area contributed by atoms with E-state index in [0.717, 1.165) is 23.2 Å². The number of carbonyl (C=O) groups is 1. The van der Waals surface area contributed by atoms with Crippen molar-refractivity contribution in [3.63, 3.8) is 0 Å². The van der Waals surface area contributed by atoms with Gasteiger partial charge in [0.15, 0.2) is 0 Å². The van der Waals surface area contributed by atoms with E-state index in [0.29, 0.717) is 18.0 Å². The van der Waals surface area contributed by atoms with Gasteiger partial charge in [-0.3, -0.25) is 4.79 Å². The summed E-state index contributed by atoms with van der Waals surface area (Å²) in [5.74, 6) is 1.23. The summed E-state index contributed by atoms with van der Waals surface area (Å²) < 4.78 is 5.41. The number of hydrogen-bond acceptors (Lipinski definition) is 3. The third-order valence-electron chi connectivity index (χ3n) is 4.30. The molecule has 0 saturated carbocycles. The number of hydrogen-bond donors (Lipinski definition) is 2. The number of nitrogens with zero attached hydrogens (tertiary/aromatic N) is 1. The van der Waals surface area contributed by atoms with Crippen molar-refractivity contribution in [2.75, 3.05) is 13.7 Å². The number of carbonyl (C=O) groups excluding carboxylic acids is 1. The van der Waals surface area contributed by atoms with Gasteiger partial charge in [-0.2, -0.15) is 0 Å². The Labute approximate surface area is 147 Å². The summed E-state index contributed by atoms with van der Waals surface area (Å²) in [6, 6.07) is 11.7. The summed E-state index contributed by atoms with van der Waals surface area (Å²) in [6.45, 7) is 4.88. The molecule has 0 saturated heterocycles. The minimum atomic E-state index is -0.0749. The van der Waals surface area contributed by atoms with E-state index in [4.69, 9.17) is 4.74 Å². The number of rotatable bonds is 6. The molecule has 5 heteroatoms. The Morgan fingerprint density at radius 2 is 2.08 bits per heavy atom. The van der Waals surface area contributed by atoms with Crippen LogP contribution in [0.4, 0.5) is 0 Å². The minimum absolute atomic E-state index is 0.0749. The monoisotopic (exact) mass is 337 g/mol. The van der Waals surface area contributed by atoms with Crippen molar-refractivity contribution in [2.45, 2.75) is 26.2 Å². The van der Waals surface area contributed by atoms with Crippen LogP contribution in [0, 0.1) is 0 Å². The van der Waals surface area contributed by atoms with E-state index in [1.54, 1.807) is 19.5 Å². The lowest BCUT2D eigenvalue weighted by Crippen LogP contribution is -2.25. The highest BCUT2D eigenvalue weighted by atomic mass is 16.5. The number of fused-ring (bicyclic) bond motifs is 1. The molecule has 0 fully saturated rings. The van der Waals surface area contributed by atoms with Gasteiger partial charge in [-0.1, -0.05) is 26.0 Å². The molecule has 0 spiro atoms. The van der Waals surface area contributed by atoms with Crippen LogP contribution in [-0.2, 0) is 6.42 Å². The van der Waals surface area contributed by atoms with Crippen LogP contribution >= 0.6 is 0 Å². The minimum Gasteiger partial charge on any atom is -0.496 e. The average molecular weight is 337 g/mol. The normalized spacial score (nSPS) is 11.0. The zero-order chi connectivity index (χ0) is 17.8. The molecule has 2 aromatic carbocycles. The molecule has 0 radical (unpaired) electrons. The van der Waals surface area contributed by atoms with Crippen LogP contribution in [0.25, 0.3) is 11.0 Å². The predicted molar refractivity (Wildman–Crippen MR) is 99.2 cm³/mol. The quantitative estimate of drug-likeness (QED) is 0.721. The van der Waals surface area contributed by atoms with Gasteiger partial charge in [-0.15, -0.1) is 0 Å². The average Bonchev–Trinajstić information content (AvgIpc) is 3.09. The molecule has 5 nitrogen and oxygen atoms in total. The SMILES string of the molecule is COc1ccc(CCNC(=O)c2ccc3nc[nH]c3c2)cc1C(C)C. The number of methoxy groups -OCH3 is 1. The van der Waals surface area contributed by atoms with E-state index in [2.05, 4.69) is 35.2 Å². The molecule has 0 bridgehead atoms. The predicted octanol–water partition coefficient (Wildman–Crippen LogP) is 3.67. The molecule has 0 unspecified atom stereocenters. The molecule has 0 aliphatic carbocycles. The molecule has 2 N–H and O–H groups in total. The van der Waals surface area contributed by atoms with Gasteiger partial charge < -0.3 is 15.0 Å². The first kappa shape index (κ1) is 17.0. The summed E-state index contributed by atoms with van der Waals surface area (Å²) in [6.07, 6.45) is 2.41. The second-order valence-corrected chi connectivity index (χ2v) is 6.37. The zero-order valence-corrected chi connectivity index (χ0v) is 14.8. The maximum absolute atomic E-state index is 12.3. The Morgan fingerprint density at radius 1 is 1.24 bits per heavy atom. The Balaban J connectivity index is 1.62. The van der Waals surface area contributed by atoms with Gasteiger partial charge in [0, 0.05) is 12.1 Å². The topological polar surface area (TPSA) is 67.0 Å². The molecular weight excluding hydrogens is 314 g/mol. The fourth-order valence-corrected chi connectivity index (χ4v) is 2.89. The molecule has 0 aliphatic heterocycles. The van der Waals surface area contributed by atoms with Gasteiger partial charge in [0.25, 0.3) is 5.91 Å². The lowest BCUT2D eigenvalue weighted by molar-refractivity contribution is 0.0954. The lowest BCUT2D eigenvalue weighted by atomic mass is 9.98. The fraction of sp³-hybridized carbons (Fsp3) is 0.300. The van der Waals surface area contributed by atoms with Gasteiger partial charge in [0.1, 0.15) is 5.75 Å². The molecule has 3 aromatic rings. The van der Waals surface area contributed by atoms with Gasteiger partial charge in [-0.05, 0) is 47.7 Å². The number of benzene rings is 2. The summed E-state index contributed by atoms with van der Waals surface area (Å²) in [5.41, 5.74) is 4.74. The van der Waals surface area contributed by atoms with E-state index in [-0.39, 0.29) is 5.91 Å². The molecule has 0 aliphatic rings. The maximum Gasteiger partial charge on any atom is 0.251 e. The highest BCUT2D eigenvalue weighted by Crippen LogP contribution is 2.27. The Hall–Kier alpha value is -2.82. The Kier molecular flexibility index (Phi) is 5.03. The summed E-state index contributed by atoms with van der Waals surface area (Å²) in [4.78, 5) is 19.5. The van der Waals surface area contributed by atoms with Crippen molar-refractivity contribution >= 4 is 16.9 Å². The number of amides is 1. The largest absolute Gasteiger partial charge is 0.496 e. The van der Waals surface area contributed by atoms with Gasteiger partial charge in [-0.25, -0.2) is 4.98 Å². The third-order valence-corrected chi connectivity index (χ3v) is 4.30. The first-order valence-electron chi connectivity index (χ1n) is 8.46. The standard InChI is InChI=1S/C20H23N3O2/c1-13(2)16-10-14(4-7-19(16)25-3)8-9-21-20(24)15-5-6-17-18(11-15)23-12-22-17/h4-7,10-13H,8-9H2,1-3H3,(H,21,24)(H,22,23). The van der Waals surface area contributed by atoms with Gasteiger partial charge >= 0.3 is 0 Å². The van der Waals surface area contributed by atoms with E-state index < -0.39 is 0 Å². The molecule has 1 heterocycles. The summed E-state index contributed by atoms with van der Waals surface area (Å²) >= 11 is 0. The number of H-pyrrole nitrogens is 1. The zero-order valence-electron chi connectivity index (χ0n) is 14.8. The molecule has 25 heavy (non-hydrogen) atoms. The number of ether oxygens (including phenoxy) is 1. The van der Waals surface area contributed by atoms with Crippen molar-refractivity contribution in [1.29, 1.82) is 0 Å². The second kappa shape index (κ2) is 7.38. The van der Waals surface area contributed by atoms with Crippen molar-refractivity contribution in [1.82, 2.24) is 15.3 Å². The summed E-state index contributed by atoms with van der Waals surface area (Å²) in [5, 5.41) is 2.98. The van der Waals surface area contributed by atoms with Crippen molar-refractivity contribution in [2.24, 2.45) is 0 Å². The first-order valence-corrected chi connectivity index (χ1v) is 8.46. The fourth-order valence-electron chi connectivity index (χ4n) is 2.89. The van der Waals surface area contributed by atoms with Gasteiger partial charge in [0.05, 0.1) is 24.5 Å². The number of imidazole rings is 1.